The van der Waals surface area contributed by atoms with E-state index in [2.05, 4.69) is 10.3 Å². The molecular formula is C19H24FN3O3. The number of amides is 2. The van der Waals surface area contributed by atoms with Gasteiger partial charge in [0.2, 0.25) is 11.8 Å². The third-order valence-corrected chi connectivity index (χ3v) is 5.73. The zero-order chi connectivity index (χ0) is 18.1. The molecule has 140 valence electrons. The van der Waals surface area contributed by atoms with Crippen LogP contribution in [0.1, 0.15) is 44.2 Å². The van der Waals surface area contributed by atoms with Crippen LogP contribution in [0, 0.1) is 5.82 Å². The molecule has 3 aliphatic rings. The Labute approximate surface area is 152 Å². The molecule has 1 N–H and O–H groups in total. The van der Waals surface area contributed by atoms with Crippen LogP contribution in [0.2, 0.25) is 0 Å². The third-order valence-electron chi connectivity index (χ3n) is 5.73. The maximum absolute atomic E-state index is 12.9. The normalized spacial score (nSPS) is 28.3. The van der Waals surface area contributed by atoms with Crippen LogP contribution in [-0.4, -0.2) is 52.5 Å². The van der Waals surface area contributed by atoms with Crippen LogP contribution in [-0.2, 0) is 20.7 Å². The van der Waals surface area contributed by atoms with E-state index >= 15 is 0 Å². The number of nitrogens with one attached hydrogen (secondary N) is 1. The van der Waals surface area contributed by atoms with Crippen molar-refractivity contribution < 1.29 is 18.7 Å². The van der Waals surface area contributed by atoms with E-state index in [0.717, 1.165) is 31.9 Å². The monoisotopic (exact) mass is 361 g/mol. The number of fused-ring (bicyclic) bond motifs is 1. The zero-order valence-corrected chi connectivity index (χ0v) is 14.7. The van der Waals surface area contributed by atoms with E-state index in [9.17, 15) is 14.0 Å². The van der Waals surface area contributed by atoms with Gasteiger partial charge in [-0.05, 0) is 50.7 Å². The first-order valence-corrected chi connectivity index (χ1v) is 9.46. The molecule has 3 atom stereocenters. The molecule has 26 heavy (non-hydrogen) atoms. The van der Waals surface area contributed by atoms with Gasteiger partial charge in [0.05, 0.1) is 24.8 Å². The van der Waals surface area contributed by atoms with Gasteiger partial charge in [-0.2, -0.15) is 0 Å². The van der Waals surface area contributed by atoms with Gasteiger partial charge in [-0.15, -0.1) is 0 Å². The molecule has 6 nitrogen and oxygen atoms in total. The summed E-state index contributed by atoms with van der Waals surface area (Å²) in [6, 6.07) is 3.19. The highest BCUT2D eigenvalue weighted by Gasteiger charge is 2.43. The molecular weight excluding hydrogens is 337 g/mol. The highest BCUT2D eigenvalue weighted by Crippen LogP contribution is 2.32. The Morgan fingerprint density at radius 2 is 2.08 bits per heavy atom. The summed E-state index contributed by atoms with van der Waals surface area (Å²) in [7, 11) is 0. The van der Waals surface area contributed by atoms with E-state index < -0.39 is 11.9 Å². The van der Waals surface area contributed by atoms with Crippen molar-refractivity contribution in [2.45, 2.75) is 69.2 Å². The Balaban J connectivity index is 1.32. The number of halogens is 1. The van der Waals surface area contributed by atoms with E-state index in [1.807, 2.05) is 4.90 Å². The van der Waals surface area contributed by atoms with E-state index in [-0.39, 0.29) is 30.4 Å². The number of carbonyl (C=O) groups excluding carboxylic acids is 2. The number of carbonyl (C=O) groups is 2. The first kappa shape index (κ1) is 17.4. The molecule has 0 unspecified atom stereocenters. The average molecular weight is 361 g/mol. The van der Waals surface area contributed by atoms with Gasteiger partial charge in [-0.1, -0.05) is 0 Å². The fraction of sp³-hybridized carbons (Fsp3) is 0.632. The third kappa shape index (κ3) is 3.58. The summed E-state index contributed by atoms with van der Waals surface area (Å²) < 4.78 is 19.0. The number of nitrogens with zero attached hydrogens (tertiary/aromatic N) is 2. The van der Waals surface area contributed by atoms with E-state index in [4.69, 9.17) is 4.74 Å². The molecule has 0 radical (unpaired) electrons. The second-order valence-electron chi connectivity index (χ2n) is 7.46. The molecule has 1 aromatic heterocycles. The Bertz CT molecular complexity index is 677. The molecule has 1 aliphatic carbocycles. The van der Waals surface area contributed by atoms with Crippen LogP contribution in [0.15, 0.2) is 18.3 Å². The lowest BCUT2D eigenvalue weighted by molar-refractivity contribution is -0.147. The molecule has 4 rings (SSSR count). The number of hydrogen-bond donors (Lipinski definition) is 1. The van der Waals surface area contributed by atoms with Crippen molar-refractivity contribution in [2.24, 2.45) is 0 Å². The quantitative estimate of drug-likeness (QED) is 0.884. The summed E-state index contributed by atoms with van der Waals surface area (Å²) in [4.78, 5) is 30.7. The summed E-state index contributed by atoms with van der Waals surface area (Å²) in [6.45, 7) is 0.631. The van der Waals surface area contributed by atoms with Gasteiger partial charge in [-0.25, -0.2) is 4.39 Å². The summed E-state index contributed by atoms with van der Waals surface area (Å²) in [5.74, 6) is -0.430. The van der Waals surface area contributed by atoms with Crippen molar-refractivity contribution in [1.82, 2.24) is 15.2 Å². The predicted octanol–water partition coefficient (Wildman–Crippen LogP) is 1.58. The molecule has 3 heterocycles. The predicted molar refractivity (Wildman–Crippen MR) is 91.7 cm³/mol. The Kier molecular flexibility index (Phi) is 4.89. The van der Waals surface area contributed by atoms with Crippen LogP contribution in [0.5, 0.6) is 0 Å². The van der Waals surface area contributed by atoms with Gasteiger partial charge in [0.1, 0.15) is 11.9 Å². The van der Waals surface area contributed by atoms with E-state index in [1.54, 1.807) is 6.07 Å². The Hall–Kier alpha value is -2.02. The van der Waals surface area contributed by atoms with Crippen molar-refractivity contribution in [2.75, 3.05) is 6.54 Å². The second-order valence-corrected chi connectivity index (χ2v) is 7.46. The standard InChI is InChI=1S/C19H24FN3O3/c20-12-4-5-14(21-11-12)10-18(24)23-9-8-16-15(23)6-7-17(26-16)19(25)22-13-2-1-3-13/h4-5,11,13,15-17H,1-3,6-10H2,(H,22,25)/t15-,16-,17+/m1/s1. The number of pyridine rings is 1. The smallest absolute Gasteiger partial charge is 0.249 e. The van der Waals surface area contributed by atoms with Gasteiger partial charge in [-0.3, -0.25) is 14.6 Å². The van der Waals surface area contributed by atoms with E-state index in [0.29, 0.717) is 24.7 Å². The molecule has 0 spiro atoms. The molecule has 3 fully saturated rings. The molecule has 1 aromatic rings. The number of likely N-dealkylation sites (tertiary alicyclic amines) is 1. The molecule has 0 bridgehead atoms. The maximum atomic E-state index is 12.9. The minimum atomic E-state index is -0.408. The van der Waals surface area contributed by atoms with Crippen LogP contribution >= 0.6 is 0 Å². The highest BCUT2D eigenvalue weighted by molar-refractivity contribution is 5.81. The first-order valence-electron chi connectivity index (χ1n) is 9.46. The van der Waals surface area contributed by atoms with Crippen molar-refractivity contribution in [3.63, 3.8) is 0 Å². The van der Waals surface area contributed by atoms with E-state index in [1.165, 1.54) is 12.5 Å². The number of hydrogen-bond acceptors (Lipinski definition) is 4. The first-order chi connectivity index (χ1) is 12.6. The minimum Gasteiger partial charge on any atom is -0.363 e. The van der Waals surface area contributed by atoms with Crippen molar-refractivity contribution in [1.29, 1.82) is 0 Å². The fourth-order valence-electron chi connectivity index (χ4n) is 4.04. The molecule has 2 amide bonds. The minimum absolute atomic E-state index is 0.00608. The maximum Gasteiger partial charge on any atom is 0.249 e. The molecule has 1 saturated carbocycles. The van der Waals surface area contributed by atoms with Crippen LogP contribution in [0.4, 0.5) is 4.39 Å². The van der Waals surface area contributed by atoms with Crippen molar-refractivity contribution in [3.05, 3.63) is 29.8 Å². The van der Waals surface area contributed by atoms with Crippen LogP contribution < -0.4 is 5.32 Å². The molecule has 0 aromatic carbocycles. The molecule has 2 saturated heterocycles. The number of aromatic nitrogens is 1. The van der Waals surface area contributed by atoms with Gasteiger partial charge in [0.15, 0.2) is 0 Å². The summed E-state index contributed by atoms with van der Waals surface area (Å²) in [6.07, 6.45) is 6.28. The Morgan fingerprint density at radius 1 is 1.23 bits per heavy atom. The van der Waals surface area contributed by atoms with Crippen molar-refractivity contribution in [3.8, 4) is 0 Å². The van der Waals surface area contributed by atoms with Gasteiger partial charge >= 0.3 is 0 Å². The largest absolute Gasteiger partial charge is 0.363 e. The number of rotatable bonds is 4. The summed E-state index contributed by atoms with van der Waals surface area (Å²) in [5, 5.41) is 3.05. The average Bonchev–Trinajstić information content (AvgIpc) is 3.03. The summed E-state index contributed by atoms with van der Waals surface area (Å²) in [5.41, 5.74) is 0.564. The topological polar surface area (TPSA) is 71.5 Å². The fourth-order valence-corrected chi connectivity index (χ4v) is 4.04. The highest BCUT2D eigenvalue weighted by atomic mass is 19.1. The van der Waals surface area contributed by atoms with Gasteiger partial charge < -0.3 is 15.0 Å². The molecule has 2 aliphatic heterocycles. The summed E-state index contributed by atoms with van der Waals surface area (Å²) >= 11 is 0. The lowest BCUT2D eigenvalue weighted by Gasteiger charge is -2.36. The second kappa shape index (κ2) is 7.31. The van der Waals surface area contributed by atoms with Gasteiger partial charge in [0.25, 0.3) is 0 Å². The van der Waals surface area contributed by atoms with Crippen molar-refractivity contribution >= 4 is 11.8 Å². The molecule has 7 heteroatoms. The lowest BCUT2D eigenvalue weighted by atomic mass is 9.92. The van der Waals surface area contributed by atoms with Crippen LogP contribution in [0.3, 0.4) is 0 Å². The lowest BCUT2D eigenvalue weighted by Crippen LogP contribution is -2.51. The SMILES string of the molecule is O=C(NC1CCC1)[C@@H]1CC[C@@H]2[C@@H](CCN2C(=O)Cc2ccc(F)cn2)O1. The Morgan fingerprint density at radius 3 is 2.77 bits per heavy atom. The van der Waals surface area contributed by atoms with Gasteiger partial charge in [0, 0.05) is 18.3 Å². The zero-order valence-electron chi connectivity index (χ0n) is 14.7. The number of ether oxygens (including phenoxy) is 1. The van der Waals surface area contributed by atoms with Crippen LogP contribution in [0.25, 0.3) is 0 Å².